The Hall–Kier alpha value is -3.92. The zero-order valence-corrected chi connectivity index (χ0v) is 27.1. The van der Waals surface area contributed by atoms with Crippen molar-refractivity contribution in [2.45, 2.75) is 102 Å². The highest BCUT2D eigenvalue weighted by atomic mass is 16.8. The van der Waals surface area contributed by atoms with E-state index >= 15 is 0 Å². The molecular weight excluding hydrogens is 632 g/mol. The molecule has 3 aliphatic rings. The van der Waals surface area contributed by atoms with Crippen LogP contribution in [-0.4, -0.2) is 98.5 Å². The van der Waals surface area contributed by atoms with Crippen molar-refractivity contribution < 1.29 is 66.5 Å². The van der Waals surface area contributed by atoms with E-state index in [-0.39, 0.29) is 19.8 Å². The molecule has 0 radical (unpaired) electrons. The summed E-state index contributed by atoms with van der Waals surface area (Å²) >= 11 is 0. The van der Waals surface area contributed by atoms with Gasteiger partial charge >= 0.3 is 23.9 Å². The Kier molecular flexibility index (Phi) is 12.1. The van der Waals surface area contributed by atoms with Gasteiger partial charge in [0.05, 0.1) is 19.8 Å². The van der Waals surface area contributed by atoms with Crippen LogP contribution < -0.4 is 0 Å². The average molecular weight is 673 g/mol. The predicted octanol–water partition coefficient (Wildman–Crippen LogP) is 2.38. The quantitative estimate of drug-likeness (QED) is 0.225. The molecule has 260 valence electrons. The van der Waals surface area contributed by atoms with Crippen LogP contribution in [0.3, 0.4) is 0 Å². The minimum Gasteiger partial charge on any atom is -0.463 e. The second-order valence-corrected chi connectivity index (χ2v) is 11.6. The van der Waals surface area contributed by atoms with Crippen molar-refractivity contribution in [1.29, 1.82) is 0 Å². The highest BCUT2D eigenvalue weighted by Crippen LogP contribution is 2.38. The van der Waals surface area contributed by atoms with Crippen molar-refractivity contribution >= 4 is 23.9 Å². The lowest BCUT2D eigenvalue weighted by atomic mass is 9.96. The second-order valence-electron chi connectivity index (χ2n) is 11.6. The third-order valence-electron chi connectivity index (χ3n) is 7.83. The van der Waals surface area contributed by atoms with Gasteiger partial charge in [0.25, 0.3) is 0 Å². The van der Waals surface area contributed by atoms with Gasteiger partial charge in [0.1, 0.15) is 37.1 Å². The highest BCUT2D eigenvalue weighted by Gasteiger charge is 2.58. The molecule has 0 N–H and O–H groups in total. The molecule has 14 heteroatoms. The summed E-state index contributed by atoms with van der Waals surface area (Å²) in [5.74, 6) is -2.88. The molecule has 0 spiro atoms. The Morgan fingerprint density at radius 2 is 1.17 bits per heavy atom. The van der Waals surface area contributed by atoms with Gasteiger partial charge in [-0.1, -0.05) is 60.7 Å². The van der Waals surface area contributed by atoms with Gasteiger partial charge in [0.15, 0.2) is 30.9 Å². The van der Waals surface area contributed by atoms with Crippen LogP contribution in [0.15, 0.2) is 60.7 Å². The summed E-state index contributed by atoms with van der Waals surface area (Å²) in [7, 11) is 0. The van der Waals surface area contributed by atoms with E-state index in [0.29, 0.717) is 0 Å². The summed E-state index contributed by atoms with van der Waals surface area (Å²) in [4.78, 5) is 48.7. The lowest BCUT2D eigenvalue weighted by Gasteiger charge is -2.47. The molecule has 10 atom stereocenters. The van der Waals surface area contributed by atoms with Crippen molar-refractivity contribution in [3.8, 4) is 0 Å². The minimum atomic E-state index is -1.46. The Labute approximate surface area is 277 Å². The first-order valence-electron chi connectivity index (χ1n) is 15.6. The SMILES string of the molecule is CC(=O)OC[C@H]1O[C@@H](O[C@@H]2[C@@H](OCc3ccccc3)[C@@H]3OC[C@@H](O3)[C@H]2OCc2ccccc2)[C@H](OC(C)=O)[C@@H](OC(C)=O)[C@@H]1OC(C)=O. The van der Waals surface area contributed by atoms with Crippen LogP contribution in [0, 0.1) is 0 Å². The Morgan fingerprint density at radius 3 is 1.73 bits per heavy atom. The lowest BCUT2D eigenvalue weighted by Crippen LogP contribution is -2.65. The van der Waals surface area contributed by atoms with Crippen molar-refractivity contribution in [3.63, 3.8) is 0 Å². The number of hydrogen-bond donors (Lipinski definition) is 0. The maximum atomic E-state index is 12.4. The molecule has 2 aromatic carbocycles. The third kappa shape index (κ3) is 9.15. The molecule has 0 unspecified atom stereocenters. The molecule has 14 nitrogen and oxygen atoms in total. The van der Waals surface area contributed by atoms with E-state index in [9.17, 15) is 19.2 Å². The molecule has 0 aliphatic carbocycles. The van der Waals surface area contributed by atoms with Crippen LogP contribution in [0.25, 0.3) is 0 Å². The van der Waals surface area contributed by atoms with E-state index in [1.165, 1.54) is 6.92 Å². The molecule has 3 fully saturated rings. The fourth-order valence-corrected chi connectivity index (χ4v) is 5.86. The monoisotopic (exact) mass is 672 g/mol. The molecule has 2 aromatic rings. The van der Waals surface area contributed by atoms with Crippen LogP contribution in [0.4, 0.5) is 0 Å². The van der Waals surface area contributed by atoms with E-state index < -0.39 is 91.9 Å². The number of fused-ring (bicyclic) bond motifs is 2. The summed E-state index contributed by atoms with van der Waals surface area (Å²) in [6.45, 7) is 4.81. The van der Waals surface area contributed by atoms with Crippen LogP contribution >= 0.6 is 0 Å². The first kappa shape index (κ1) is 35.4. The summed E-state index contributed by atoms with van der Waals surface area (Å²) in [5.41, 5.74) is 1.77. The van der Waals surface area contributed by atoms with Gasteiger partial charge in [-0.25, -0.2) is 0 Å². The topological polar surface area (TPSA) is 161 Å². The van der Waals surface area contributed by atoms with Gasteiger partial charge in [0.2, 0.25) is 0 Å². The molecule has 48 heavy (non-hydrogen) atoms. The number of rotatable bonds is 13. The molecule has 0 saturated carbocycles. The molecule has 0 aromatic heterocycles. The molecule has 3 aliphatic heterocycles. The molecule has 3 heterocycles. The molecule has 5 rings (SSSR count). The van der Waals surface area contributed by atoms with E-state index in [1.807, 2.05) is 60.7 Å². The molecular formula is C34H40O14. The van der Waals surface area contributed by atoms with E-state index in [4.69, 9.17) is 47.4 Å². The van der Waals surface area contributed by atoms with E-state index in [1.54, 1.807) is 0 Å². The molecule has 0 amide bonds. The average Bonchev–Trinajstić information content (AvgIpc) is 3.48. The van der Waals surface area contributed by atoms with Gasteiger partial charge in [-0.3, -0.25) is 19.2 Å². The largest absolute Gasteiger partial charge is 0.463 e. The zero-order valence-electron chi connectivity index (χ0n) is 27.1. The van der Waals surface area contributed by atoms with Crippen LogP contribution in [0.5, 0.6) is 0 Å². The maximum Gasteiger partial charge on any atom is 0.303 e. The number of benzene rings is 2. The van der Waals surface area contributed by atoms with Gasteiger partial charge < -0.3 is 47.4 Å². The van der Waals surface area contributed by atoms with Crippen LogP contribution in [0.1, 0.15) is 38.8 Å². The number of hydrogen-bond acceptors (Lipinski definition) is 14. The summed E-state index contributed by atoms with van der Waals surface area (Å²) < 4.78 is 59.8. The van der Waals surface area contributed by atoms with Gasteiger partial charge in [-0.05, 0) is 11.1 Å². The Morgan fingerprint density at radius 1 is 0.625 bits per heavy atom. The Bertz CT molecular complexity index is 1330. The van der Waals surface area contributed by atoms with Crippen molar-refractivity contribution in [2.24, 2.45) is 0 Å². The van der Waals surface area contributed by atoms with Crippen LogP contribution in [-0.2, 0) is 79.8 Å². The minimum absolute atomic E-state index is 0.170. The lowest BCUT2D eigenvalue weighted by molar-refractivity contribution is -0.350. The summed E-state index contributed by atoms with van der Waals surface area (Å²) in [5, 5.41) is 0. The number of carbonyl (C=O) groups is 4. The molecule has 2 bridgehead atoms. The maximum absolute atomic E-state index is 12.4. The van der Waals surface area contributed by atoms with E-state index in [0.717, 1.165) is 31.9 Å². The summed E-state index contributed by atoms with van der Waals surface area (Å²) in [6, 6.07) is 19.0. The normalized spacial score (nSPS) is 31.0. The third-order valence-corrected chi connectivity index (χ3v) is 7.83. The smallest absolute Gasteiger partial charge is 0.303 e. The van der Waals surface area contributed by atoms with Gasteiger partial charge in [-0.15, -0.1) is 0 Å². The summed E-state index contributed by atoms with van der Waals surface area (Å²) in [6.07, 6.45) is -10.9. The van der Waals surface area contributed by atoms with Crippen molar-refractivity contribution in [1.82, 2.24) is 0 Å². The molecule has 3 saturated heterocycles. The van der Waals surface area contributed by atoms with Crippen molar-refractivity contribution in [2.75, 3.05) is 13.2 Å². The predicted molar refractivity (Wildman–Crippen MR) is 161 cm³/mol. The fourth-order valence-electron chi connectivity index (χ4n) is 5.86. The number of esters is 4. The zero-order chi connectivity index (χ0) is 34.2. The van der Waals surface area contributed by atoms with Crippen LogP contribution in [0.2, 0.25) is 0 Å². The fraction of sp³-hybridized carbons (Fsp3) is 0.529. The Balaban J connectivity index is 1.50. The first-order chi connectivity index (χ1) is 23.1. The van der Waals surface area contributed by atoms with Gasteiger partial charge in [0, 0.05) is 27.7 Å². The number of ether oxygens (including phenoxy) is 10. The standard InChI is InChI=1S/C34H40O14/c1-19(35)39-17-26-28(43-20(2)36)30(44-21(3)37)32(45-22(4)38)34(47-26)48-29-27(40-15-23-11-7-5-8-12-23)25-18-42-33(46-25)31(29)41-16-24-13-9-6-10-14-24/h5-14,25-34H,15-18H2,1-4H3/t25-,26-,27-,28-,29+,30+,31-,32-,33-,34+/m1/s1. The van der Waals surface area contributed by atoms with Crippen molar-refractivity contribution in [3.05, 3.63) is 71.8 Å². The van der Waals surface area contributed by atoms with E-state index in [2.05, 4.69) is 0 Å². The highest BCUT2D eigenvalue weighted by molar-refractivity contribution is 5.68. The second kappa shape index (κ2) is 16.5. The number of carbonyl (C=O) groups excluding carboxylic acids is 4. The first-order valence-corrected chi connectivity index (χ1v) is 15.6. The van der Waals surface area contributed by atoms with Gasteiger partial charge in [-0.2, -0.15) is 0 Å².